The highest BCUT2D eigenvalue weighted by Crippen LogP contribution is 2.42. The Balaban J connectivity index is 0.00000308. The molecule has 1 atom stereocenters. The Morgan fingerprint density at radius 2 is 1.72 bits per heavy atom. The Hall–Kier alpha value is -3.16. The summed E-state index contributed by atoms with van der Waals surface area (Å²) in [6.45, 7) is 3.16. The lowest BCUT2D eigenvalue weighted by Gasteiger charge is -2.40. The fourth-order valence-corrected chi connectivity index (χ4v) is 6.53. The van der Waals surface area contributed by atoms with Gasteiger partial charge in [-0.1, -0.05) is 23.7 Å². The zero-order valence-electron chi connectivity index (χ0n) is 21.5. The molecule has 3 heterocycles. The largest absolute Gasteiger partial charge is 0.371 e. The molecule has 2 saturated heterocycles. The predicted molar refractivity (Wildman–Crippen MR) is 152 cm³/mol. The van der Waals surface area contributed by atoms with Gasteiger partial charge in [-0.25, -0.2) is 4.39 Å². The van der Waals surface area contributed by atoms with Gasteiger partial charge in [0.25, 0.3) is 11.8 Å². The van der Waals surface area contributed by atoms with Crippen LogP contribution < -0.4 is 10.2 Å². The number of aryl methyl sites for hydroxylation is 1. The van der Waals surface area contributed by atoms with Crippen molar-refractivity contribution in [2.45, 2.75) is 38.1 Å². The summed E-state index contributed by atoms with van der Waals surface area (Å²) in [5, 5.41) is 3.41. The van der Waals surface area contributed by atoms with Crippen molar-refractivity contribution in [3.63, 3.8) is 0 Å². The molecule has 0 radical (unpaired) electrons. The standard InChI is InChI=1S/C30H30ClFN4O2.ClH/c31-25-4-2-1-3-22(25)28(37)34-27-6-5-20-17-26(32)24(18-23(20)27)29(38)36-16-11-30(19-36)9-14-35(15-10-30)21-7-12-33-13-8-21;/h1-4,7-8,12-13,17-18,27H,5-6,9-11,14-16,19H2,(H,34,37);1H/t27-;/m1./s1. The number of halogens is 3. The minimum absolute atomic E-state index is 0. The Labute approximate surface area is 239 Å². The molecule has 0 saturated carbocycles. The monoisotopic (exact) mass is 568 g/mol. The van der Waals surface area contributed by atoms with Crippen LogP contribution in [0.2, 0.25) is 5.02 Å². The Bertz CT molecular complexity index is 1380. The van der Waals surface area contributed by atoms with E-state index in [9.17, 15) is 9.59 Å². The number of fused-ring (bicyclic) bond motifs is 1. The van der Waals surface area contributed by atoms with Gasteiger partial charge >= 0.3 is 0 Å². The molecule has 9 heteroatoms. The number of amides is 2. The van der Waals surface area contributed by atoms with E-state index in [1.807, 2.05) is 29.4 Å². The number of nitrogens with one attached hydrogen (secondary N) is 1. The number of hydrogen-bond donors (Lipinski definition) is 1. The third-order valence-electron chi connectivity index (χ3n) is 8.54. The van der Waals surface area contributed by atoms with Crippen LogP contribution in [0.4, 0.5) is 10.1 Å². The second-order valence-corrected chi connectivity index (χ2v) is 11.2. The van der Waals surface area contributed by atoms with Gasteiger partial charge in [0, 0.05) is 44.3 Å². The second kappa shape index (κ2) is 11.1. The van der Waals surface area contributed by atoms with Gasteiger partial charge in [0.1, 0.15) is 5.82 Å². The normalized spacial score (nSPS) is 19.5. The lowest BCUT2D eigenvalue weighted by molar-refractivity contribution is 0.0759. The van der Waals surface area contributed by atoms with Crippen LogP contribution in [0.15, 0.2) is 60.9 Å². The number of carbonyl (C=O) groups is 2. The number of nitrogens with zero attached hydrogens (tertiary/aromatic N) is 3. The number of carbonyl (C=O) groups excluding carboxylic acids is 2. The van der Waals surface area contributed by atoms with Crippen molar-refractivity contribution in [1.29, 1.82) is 0 Å². The van der Waals surface area contributed by atoms with Gasteiger partial charge in [-0.15, -0.1) is 12.4 Å². The second-order valence-electron chi connectivity index (χ2n) is 10.7. The maximum atomic E-state index is 15.2. The van der Waals surface area contributed by atoms with E-state index in [-0.39, 0.29) is 41.2 Å². The molecule has 2 amide bonds. The number of likely N-dealkylation sites (tertiary alicyclic amines) is 1. The number of rotatable bonds is 4. The smallest absolute Gasteiger partial charge is 0.256 e. The summed E-state index contributed by atoms with van der Waals surface area (Å²) in [7, 11) is 0. The molecule has 1 aromatic heterocycles. The lowest BCUT2D eigenvalue weighted by Crippen LogP contribution is -2.42. The number of piperidine rings is 1. The van der Waals surface area contributed by atoms with Crippen molar-refractivity contribution in [2.75, 3.05) is 31.1 Å². The SMILES string of the molecule is Cl.O=C(N[C@@H]1CCc2cc(F)c(C(=O)N3CCC4(CCN(c5ccncc5)CC4)C3)cc21)c1ccccc1Cl. The highest BCUT2D eigenvalue weighted by molar-refractivity contribution is 6.33. The van der Waals surface area contributed by atoms with E-state index in [0.29, 0.717) is 36.5 Å². The Morgan fingerprint density at radius 1 is 1.00 bits per heavy atom. The average molecular weight is 570 g/mol. The van der Waals surface area contributed by atoms with Crippen molar-refractivity contribution in [1.82, 2.24) is 15.2 Å². The van der Waals surface area contributed by atoms with Gasteiger partial charge < -0.3 is 15.1 Å². The van der Waals surface area contributed by atoms with Gasteiger partial charge in [-0.2, -0.15) is 0 Å². The number of pyridine rings is 1. The Morgan fingerprint density at radius 3 is 2.46 bits per heavy atom. The molecule has 6 nitrogen and oxygen atoms in total. The van der Waals surface area contributed by atoms with Gasteiger partial charge in [0.2, 0.25) is 0 Å². The first-order valence-electron chi connectivity index (χ1n) is 13.2. The lowest BCUT2D eigenvalue weighted by atomic mass is 9.77. The third kappa shape index (κ3) is 5.35. The molecule has 2 aromatic carbocycles. The van der Waals surface area contributed by atoms with Crippen LogP contribution in [0, 0.1) is 11.2 Å². The molecule has 0 bridgehead atoms. The van der Waals surface area contributed by atoms with Gasteiger partial charge in [0.05, 0.1) is 22.2 Å². The van der Waals surface area contributed by atoms with E-state index in [2.05, 4.69) is 15.2 Å². The predicted octanol–water partition coefficient (Wildman–Crippen LogP) is 5.85. The molecular weight excluding hydrogens is 538 g/mol. The van der Waals surface area contributed by atoms with E-state index < -0.39 is 5.82 Å². The summed E-state index contributed by atoms with van der Waals surface area (Å²) in [5.74, 6) is -1.02. The van der Waals surface area contributed by atoms with Crippen molar-refractivity contribution in [2.24, 2.45) is 5.41 Å². The van der Waals surface area contributed by atoms with E-state index in [4.69, 9.17) is 11.6 Å². The highest BCUT2D eigenvalue weighted by atomic mass is 35.5. The van der Waals surface area contributed by atoms with Crippen LogP contribution in [-0.4, -0.2) is 47.9 Å². The molecule has 204 valence electrons. The summed E-state index contributed by atoms with van der Waals surface area (Å²) >= 11 is 6.20. The van der Waals surface area contributed by atoms with Gasteiger partial charge in [0.15, 0.2) is 0 Å². The molecule has 0 unspecified atom stereocenters. The topological polar surface area (TPSA) is 65.5 Å². The molecule has 6 rings (SSSR count). The molecule has 2 aliphatic heterocycles. The molecular formula is C30H31Cl2FN4O2. The van der Waals surface area contributed by atoms with Crippen molar-refractivity contribution < 1.29 is 14.0 Å². The summed E-state index contributed by atoms with van der Waals surface area (Å²) in [6.07, 6.45) is 7.87. The van der Waals surface area contributed by atoms with Crippen molar-refractivity contribution >= 4 is 41.5 Å². The third-order valence-corrected chi connectivity index (χ3v) is 8.87. The average Bonchev–Trinajstić information content (AvgIpc) is 3.53. The number of benzene rings is 2. The van der Waals surface area contributed by atoms with Gasteiger partial charge in [-0.05, 0) is 85.0 Å². The quantitative estimate of drug-likeness (QED) is 0.429. The summed E-state index contributed by atoms with van der Waals surface area (Å²) in [4.78, 5) is 34.7. The molecule has 3 aromatic rings. The fourth-order valence-electron chi connectivity index (χ4n) is 6.30. The highest BCUT2D eigenvalue weighted by Gasteiger charge is 2.43. The molecule has 39 heavy (non-hydrogen) atoms. The first-order chi connectivity index (χ1) is 18.4. The first-order valence-corrected chi connectivity index (χ1v) is 13.6. The van der Waals surface area contributed by atoms with Crippen LogP contribution in [0.3, 0.4) is 0 Å². The van der Waals surface area contributed by atoms with E-state index in [0.717, 1.165) is 43.5 Å². The molecule has 2 fully saturated rings. The van der Waals surface area contributed by atoms with E-state index >= 15 is 4.39 Å². The zero-order valence-corrected chi connectivity index (χ0v) is 23.1. The maximum absolute atomic E-state index is 15.2. The summed E-state index contributed by atoms with van der Waals surface area (Å²) in [5.41, 5.74) is 3.40. The summed E-state index contributed by atoms with van der Waals surface area (Å²) in [6, 6.07) is 13.8. The van der Waals surface area contributed by atoms with E-state index in [1.54, 1.807) is 30.3 Å². The minimum Gasteiger partial charge on any atom is -0.371 e. The number of aromatic nitrogens is 1. The maximum Gasteiger partial charge on any atom is 0.256 e. The Kier molecular flexibility index (Phi) is 7.83. The first kappa shape index (κ1) is 27.4. The zero-order chi connectivity index (χ0) is 26.3. The summed E-state index contributed by atoms with van der Waals surface area (Å²) < 4.78 is 15.2. The molecule has 1 aliphatic carbocycles. The minimum atomic E-state index is -0.486. The van der Waals surface area contributed by atoms with E-state index in [1.165, 1.54) is 11.8 Å². The van der Waals surface area contributed by atoms with Crippen LogP contribution in [-0.2, 0) is 6.42 Å². The van der Waals surface area contributed by atoms with Crippen LogP contribution in [0.1, 0.15) is 63.6 Å². The number of hydrogen-bond acceptors (Lipinski definition) is 4. The van der Waals surface area contributed by atoms with Crippen LogP contribution >= 0.6 is 24.0 Å². The molecule has 1 N–H and O–H groups in total. The molecule has 3 aliphatic rings. The van der Waals surface area contributed by atoms with Crippen LogP contribution in [0.5, 0.6) is 0 Å². The van der Waals surface area contributed by atoms with Crippen molar-refractivity contribution in [3.8, 4) is 0 Å². The fraction of sp³-hybridized carbons (Fsp3) is 0.367. The van der Waals surface area contributed by atoms with Gasteiger partial charge in [-0.3, -0.25) is 14.6 Å². The van der Waals surface area contributed by atoms with Crippen molar-refractivity contribution in [3.05, 3.63) is 94.0 Å². The number of anilines is 1. The molecule has 1 spiro atoms. The van der Waals surface area contributed by atoms with Crippen LogP contribution in [0.25, 0.3) is 0 Å².